The van der Waals surface area contributed by atoms with Crippen molar-refractivity contribution >= 4 is 11.7 Å². The molecule has 3 rings (SSSR count). The van der Waals surface area contributed by atoms with Crippen LogP contribution in [0.25, 0.3) is 0 Å². The first-order chi connectivity index (χ1) is 8.25. The molecule has 1 saturated heterocycles. The van der Waals surface area contributed by atoms with Crippen LogP contribution in [0.15, 0.2) is 24.3 Å². The topological polar surface area (TPSA) is 46.6 Å². The summed E-state index contributed by atoms with van der Waals surface area (Å²) in [6.45, 7) is 0.845. The molecule has 0 spiro atoms. The molecule has 2 heterocycles. The van der Waals surface area contributed by atoms with Gasteiger partial charge in [-0.05, 0) is 6.07 Å². The normalized spacial score (nSPS) is 23.5. The van der Waals surface area contributed by atoms with E-state index in [1.807, 2.05) is 24.3 Å². The molecule has 2 aliphatic heterocycles. The Bertz CT molecular complexity index is 483. The second-order valence-electron chi connectivity index (χ2n) is 4.43. The summed E-state index contributed by atoms with van der Waals surface area (Å²) in [5, 5.41) is 0. The van der Waals surface area contributed by atoms with Gasteiger partial charge in [-0.2, -0.15) is 0 Å². The standard InChI is InChI=1S/C13H13NO3/c15-9-7-13(16)14(8-9)11-5-6-17-12-4-2-1-3-10(11)12/h1-4,11H,5-8H2. The van der Waals surface area contributed by atoms with Gasteiger partial charge in [-0.25, -0.2) is 0 Å². The van der Waals surface area contributed by atoms with Crippen molar-refractivity contribution in [3.05, 3.63) is 29.8 Å². The van der Waals surface area contributed by atoms with Gasteiger partial charge in [0.25, 0.3) is 0 Å². The number of ketones is 1. The molecule has 0 saturated carbocycles. The lowest BCUT2D eigenvalue weighted by Crippen LogP contribution is -2.33. The van der Waals surface area contributed by atoms with Crippen LogP contribution in [-0.4, -0.2) is 29.7 Å². The van der Waals surface area contributed by atoms with E-state index < -0.39 is 0 Å². The Morgan fingerprint density at radius 1 is 1.24 bits per heavy atom. The van der Waals surface area contributed by atoms with Crippen molar-refractivity contribution in [1.29, 1.82) is 0 Å². The van der Waals surface area contributed by atoms with Gasteiger partial charge in [0.15, 0.2) is 5.78 Å². The summed E-state index contributed by atoms with van der Waals surface area (Å²) < 4.78 is 5.55. The van der Waals surface area contributed by atoms with E-state index in [0.717, 1.165) is 17.7 Å². The number of carbonyl (C=O) groups is 2. The van der Waals surface area contributed by atoms with Crippen LogP contribution in [-0.2, 0) is 9.59 Å². The van der Waals surface area contributed by atoms with Crippen LogP contribution >= 0.6 is 0 Å². The summed E-state index contributed by atoms with van der Waals surface area (Å²) in [4.78, 5) is 24.8. The number of hydrogen-bond donors (Lipinski definition) is 0. The molecular formula is C13H13NO3. The van der Waals surface area contributed by atoms with Gasteiger partial charge in [0.1, 0.15) is 5.75 Å². The van der Waals surface area contributed by atoms with Gasteiger partial charge >= 0.3 is 0 Å². The summed E-state index contributed by atoms with van der Waals surface area (Å²) in [5.74, 6) is 0.784. The SMILES string of the molecule is O=C1CC(=O)N(C2CCOc3ccccc32)C1. The van der Waals surface area contributed by atoms with Crippen LogP contribution in [0.2, 0.25) is 0 Å². The summed E-state index contributed by atoms with van der Waals surface area (Å²) >= 11 is 0. The lowest BCUT2D eigenvalue weighted by atomic mass is 9.99. The maximum absolute atomic E-state index is 11.8. The van der Waals surface area contributed by atoms with E-state index in [-0.39, 0.29) is 30.7 Å². The quantitative estimate of drug-likeness (QED) is 0.685. The highest BCUT2D eigenvalue weighted by Gasteiger charge is 2.36. The third kappa shape index (κ3) is 1.69. The van der Waals surface area contributed by atoms with E-state index in [1.54, 1.807) is 4.90 Å². The highest BCUT2D eigenvalue weighted by Crippen LogP contribution is 2.37. The zero-order chi connectivity index (χ0) is 11.8. The fraction of sp³-hybridized carbons (Fsp3) is 0.385. The Balaban J connectivity index is 1.95. The van der Waals surface area contributed by atoms with E-state index in [0.29, 0.717) is 6.61 Å². The molecule has 1 fully saturated rings. The van der Waals surface area contributed by atoms with Gasteiger partial charge in [0.05, 0.1) is 25.6 Å². The first-order valence-electron chi connectivity index (χ1n) is 5.78. The number of fused-ring (bicyclic) bond motifs is 1. The van der Waals surface area contributed by atoms with Gasteiger partial charge in [-0.1, -0.05) is 18.2 Å². The third-order valence-electron chi connectivity index (χ3n) is 3.32. The van der Waals surface area contributed by atoms with E-state index in [1.165, 1.54) is 0 Å². The molecule has 1 aromatic carbocycles. The van der Waals surface area contributed by atoms with Gasteiger partial charge in [-0.3, -0.25) is 9.59 Å². The van der Waals surface area contributed by atoms with Crippen molar-refractivity contribution in [3.8, 4) is 5.75 Å². The number of benzene rings is 1. The minimum atomic E-state index is -0.0586. The highest BCUT2D eigenvalue weighted by atomic mass is 16.5. The largest absolute Gasteiger partial charge is 0.493 e. The van der Waals surface area contributed by atoms with Crippen molar-refractivity contribution in [2.75, 3.05) is 13.2 Å². The number of ether oxygens (including phenoxy) is 1. The smallest absolute Gasteiger partial charge is 0.231 e. The third-order valence-corrected chi connectivity index (χ3v) is 3.32. The summed E-state index contributed by atoms with van der Waals surface area (Å²) in [6, 6.07) is 7.72. The zero-order valence-electron chi connectivity index (χ0n) is 9.39. The van der Waals surface area contributed by atoms with Gasteiger partial charge < -0.3 is 9.64 Å². The van der Waals surface area contributed by atoms with Crippen molar-refractivity contribution in [2.45, 2.75) is 18.9 Å². The molecular weight excluding hydrogens is 218 g/mol. The van der Waals surface area contributed by atoms with Gasteiger partial charge in [0.2, 0.25) is 5.91 Å². The van der Waals surface area contributed by atoms with Gasteiger partial charge in [0, 0.05) is 12.0 Å². The molecule has 1 amide bonds. The van der Waals surface area contributed by atoms with E-state index in [9.17, 15) is 9.59 Å². The maximum atomic E-state index is 11.8. The number of amides is 1. The average molecular weight is 231 g/mol. The monoisotopic (exact) mass is 231 g/mol. The number of rotatable bonds is 1. The Labute approximate surface area is 99.2 Å². The molecule has 4 nitrogen and oxygen atoms in total. The molecule has 0 radical (unpaired) electrons. The van der Waals surface area contributed by atoms with E-state index in [4.69, 9.17) is 4.74 Å². The van der Waals surface area contributed by atoms with E-state index in [2.05, 4.69) is 0 Å². The molecule has 1 atom stereocenters. The second-order valence-corrected chi connectivity index (χ2v) is 4.43. The highest BCUT2D eigenvalue weighted by molar-refractivity contribution is 6.05. The molecule has 88 valence electrons. The predicted octanol–water partition coefficient (Wildman–Crippen LogP) is 1.31. The van der Waals surface area contributed by atoms with E-state index >= 15 is 0 Å². The van der Waals surface area contributed by atoms with Crippen LogP contribution < -0.4 is 4.74 Å². The molecule has 0 bridgehead atoms. The molecule has 1 aromatic rings. The van der Waals surface area contributed by atoms with Crippen LogP contribution in [0.1, 0.15) is 24.4 Å². The van der Waals surface area contributed by atoms with Crippen LogP contribution in [0.4, 0.5) is 0 Å². The Kier molecular flexibility index (Phi) is 2.35. The Hall–Kier alpha value is -1.84. The molecule has 2 aliphatic rings. The van der Waals surface area contributed by atoms with Crippen molar-refractivity contribution in [1.82, 2.24) is 4.90 Å². The maximum Gasteiger partial charge on any atom is 0.231 e. The number of Topliss-reactive ketones (excluding diaryl/α,β-unsaturated/α-hetero) is 1. The summed E-state index contributed by atoms with van der Waals surface area (Å²) in [6.07, 6.45) is 0.815. The fourth-order valence-electron chi connectivity index (χ4n) is 2.54. The minimum Gasteiger partial charge on any atom is -0.493 e. The molecule has 0 aliphatic carbocycles. The first kappa shape index (κ1) is 10.3. The zero-order valence-corrected chi connectivity index (χ0v) is 9.39. The van der Waals surface area contributed by atoms with Crippen LogP contribution in [0.3, 0.4) is 0 Å². The van der Waals surface area contributed by atoms with Crippen LogP contribution in [0, 0.1) is 0 Å². The molecule has 0 aromatic heterocycles. The first-order valence-corrected chi connectivity index (χ1v) is 5.78. The van der Waals surface area contributed by atoms with Crippen molar-refractivity contribution in [2.24, 2.45) is 0 Å². The predicted molar refractivity (Wildman–Crippen MR) is 60.6 cm³/mol. The second kappa shape index (κ2) is 3.87. The average Bonchev–Trinajstić information content (AvgIpc) is 2.68. The van der Waals surface area contributed by atoms with Crippen LogP contribution in [0.5, 0.6) is 5.75 Å². The summed E-state index contributed by atoms with van der Waals surface area (Å²) in [5.41, 5.74) is 1.02. The Morgan fingerprint density at radius 3 is 2.82 bits per heavy atom. The fourth-order valence-corrected chi connectivity index (χ4v) is 2.54. The molecule has 0 N–H and O–H groups in total. The number of likely N-dealkylation sites (tertiary alicyclic amines) is 1. The van der Waals surface area contributed by atoms with Crippen molar-refractivity contribution in [3.63, 3.8) is 0 Å². The number of nitrogens with zero attached hydrogens (tertiary/aromatic N) is 1. The lowest BCUT2D eigenvalue weighted by molar-refractivity contribution is -0.130. The van der Waals surface area contributed by atoms with Gasteiger partial charge in [-0.15, -0.1) is 0 Å². The number of para-hydroxylation sites is 1. The molecule has 17 heavy (non-hydrogen) atoms. The molecule has 1 unspecified atom stereocenters. The minimum absolute atomic E-state index is 0.00102. The Morgan fingerprint density at radius 2 is 2.06 bits per heavy atom. The summed E-state index contributed by atoms with van der Waals surface area (Å²) in [7, 11) is 0. The number of hydrogen-bond acceptors (Lipinski definition) is 3. The molecule has 4 heteroatoms. The lowest BCUT2D eigenvalue weighted by Gasteiger charge is -2.32. The number of carbonyl (C=O) groups excluding carboxylic acids is 2. The van der Waals surface area contributed by atoms with Crippen molar-refractivity contribution < 1.29 is 14.3 Å².